The number of nitrogens with one attached hydrogen (secondary N) is 2. The second kappa shape index (κ2) is 8.63. The molecule has 2 N–H and O–H groups in total. The number of ether oxygens (including phenoxy) is 1. The van der Waals surface area contributed by atoms with E-state index in [0.717, 1.165) is 10.6 Å². The minimum Gasteiger partial charge on any atom is -0.454 e. The Morgan fingerprint density at radius 2 is 1.97 bits per heavy atom. The van der Waals surface area contributed by atoms with Gasteiger partial charge in [-0.1, -0.05) is 40.5 Å². The molecule has 8 heteroatoms. The van der Waals surface area contributed by atoms with Crippen LogP contribution in [0.1, 0.15) is 12.6 Å². The number of nitrogens with zero attached hydrogens (tertiary/aromatic N) is 2. The molecule has 0 bridgehead atoms. The minimum absolute atomic E-state index is 0.319. The number of anilines is 1. The number of benzene rings is 2. The lowest BCUT2D eigenvalue weighted by Gasteiger charge is -2.26. The van der Waals surface area contributed by atoms with Crippen LogP contribution < -0.4 is 14.8 Å². The lowest BCUT2D eigenvalue weighted by Crippen LogP contribution is -2.31. The topological polar surface area (TPSA) is 58.5 Å². The van der Waals surface area contributed by atoms with Crippen LogP contribution in [0.2, 0.25) is 5.02 Å². The van der Waals surface area contributed by atoms with E-state index in [1.165, 1.54) is 12.3 Å². The third-order valence-corrected chi connectivity index (χ3v) is 6.17. The van der Waals surface area contributed by atoms with E-state index < -0.39 is 0 Å². The Kier molecular flexibility index (Phi) is 5.78. The molecule has 0 fully saturated rings. The molecule has 2 heterocycles. The molecule has 0 spiro atoms. The number of rotatable bonds is 4. The fourth-order valence-electron chi connectivity index (χ4n) is 2.77. The first-order chi connectivity index (χ1) is 14.1. The van der Waals surface area contributed by atoms with Gasteiger partial charge in [-0.25, -0.2) is 9.38 Å². The SMILES string of the molecule is C/C=S1\NC(=NCc2ccc(F)cn2)Nc2c(Oc3ccccc3Cl)cccc21. The first-order valence-corrected chi connectivity index (χ1v) is 10.6. The van der Waals surface area contributed by atoms with Crippen LogP contribution in [-0.4, -0.2) is 16.3 Å². The van der Waals surface area contributed by atoms with Crippen LogP contribution in [-0.2, 0) is 6.54 Å². The van der Waals surface area contributed by atoms with Crippen LogP contribution in [0, 0.1) is 5.82 Å². The largest absolute Gasteiger partial charge is 0.454 e. The molecule has 1 atom stereocenters. The van der Waals surface area contributed by atoms with Gasteiger partial charge in [0.2, 0.25) is 5.96 Å². The number of fused-ring (bicyclic) bond motifs is 1. The van der Waals surface area contributed by atoms with Gasteiger partial charge in [0.15, 0.2) is 5.75 Å². The molecule has 0 radical (unpaired) electrons. The Morgan fingerprint density at radius 3 is 2.72 bits per heavy atom. The third-order valence-electron chi connectivity index (χ3n) is 4.16. The van der Waals surface area contributed by atoms with Gasteiger partial charge in [0, 0.05) is 4.90 Å². The number of hydrogen-bond donors (Lipinski definition) is 2. The van der Waals surface area contributed by atoms with Crippen molar-refractivity contribution in [3.8, 4) is 11.5 Å². The van der Waals surface area contributed by atoms with Gasteiger partial charge in [-0.05, 0) is 48.7 Å². The Morgan fingerprint density at radius 1 is 1.14 bits per heavy atom. The van der Waals surface area contributed by atoms with E-state index in [0.29, 0.717) is 34.7 Å². The molecule has 1 aliphatic rings. The van der Waals surface area contributed by atoms with Gasteiger partial charge in [0.25, 0.3) is 0 Å². The molecule has 0 saturated heterocycles. The van der Waals surface area contributed by atoms with Gasteiger partial charge in [-0.2, -0.15) is 0 Å². The summed E-state index contributed by atoms with van der Waals surface area (Å²) in [6.07, 6.45) is 1.19. The highest BCUT2D eigenvalue weighted by Crippen LogP contribution is 2.42. The maximum absolute atomic E-state index is 13.0. The molecular formula is C21H18ClFN4OS. The van der Waals surface area contributed by atoms with Gasteiger partial charge in [0.05, 0.1) is 29.1 Å². The molecule has 5 nitrogen and oxygen atoms in total. The lowest BCUT2D eigenvalue weighted by molar-refractivity contribution is 0.484. The molecule has 1 unspecified atom stereocenters. The predicted molar refractivity (Wildman–Crippen MR) is 118 cm³/mol. The number of pyridine rings is 1. The number of halogens is 2. The standard InChI is InChI=1S/C21H18ClFN4OS/c1-2-29-19-9-5-8-18(28-17-7-4-3-6-16(17)22)20(19)26-21(27-29)25-13-15-11-10-14(23)12-24-15/h2-12H,13H2,1H3,(H2,25,26,27). The van der Waals surface area contributed by atoms with E-state index in [4.69, 9.17) is 16.3 Å². The monoisotopic (exact) mass is 428 g/mol. The summed E-state index contributed by atoms with van der Waals surface area (Å²) in [6.45, 7) is 2.31. The Hall–Kier alpha value is -2.90. The number of guanidine groups is 1. The van der Waals surface area contributed by atoms with Crippen LogP contribution >= 0.6 is 22.3 Å². The molecular weight excluding hydrogens is 411 g/mol. The highest BCUT2D eigenvalue weighted by atomic mass is 35.5. The highest BCUT2D eigenvalue weighted by Gasteiger charge is 2.21. The molecule has 4 rings (SSSR count). The second-order valence-corrected chi connectivity index (χ2v) is 8.29. The normalized spacial score (nSPS) is 16.8. The molecule has 148 valence electrons. The number of hydrogen-bond acceptors (Lipinski definition) is 3. The van der Waals surface area contributed by atoms with E-state index in [1.807, 2.05) is 43.3 Å². The van der Waals surface area contributed by atoms with Crippen LogP contribution in [0.4, 0.5) is 10.1 Å². The van der Waals surface area contributed by atoms with Gasteiger partial charge < -0.3 is 14.8 Å². The van der Waals surface area contributed by atoms with Crippen LogP contribution in [0.25, 0.3) is 0 Å². The van der Waals surface area contributed by atoms with E-state index >= 15 is 0 Å². The summed E-state index contributed by atoms with van der Waals surface area (Å²) in [7, 11) is -0.353. The van der Waals surface area contributed by atoms with Crippen molar-refractivity contribution in [2.75, 3.05) is 5.32 Å². The van der Waals surface area contributed by atoms with Gasteiger partial charge in [0.1, 0.15) is 11.6 Å². The summed E-state index contributed by atoms with van der Waals surface area (Å²) >= 11 is 6.25. The number of aliphatic imine (C=N–C) groups is 1. The molecule has 1 aromatic heterocycles. The van der Waals surface area contributed by atoms with Crippen molar-refractivity contribution in [3.63, 3.8) is 0 Å². The van der Waals surface area contributed by atoms with Crippen molar-refractivity contribution in [1.82, 2.24) is 9.71 Å². The minimum atomic E-state index is -0.368. The second-order valence-electron chi connectivity index (χ2n) is 6.09. The smallest absolute Gasteiger partial charge is 0.206 e. The van der Waals surface area contributed by atoms with E-state index in [1.54, 1.807) is 12.1 Å². The van der Waals surface area contributed by atoms with Gasteiger partial charge in [-0.3, -0.25) is 4.98 Å². The van der Waals surface area contributed by atoms with Gasteiger partial charge in [-0.15, -0.1) is 0 Å². The van der Waals surface area contributed by atoms with E-state index in [-0.39, 0.29) is 16.5 Å². The van der Waals surface area contributed by atoms with Crippen LogP contribution in [0.5, 0.6) is 11.5 Å². The average molecular weight is 429 g/mol. The summed E-state index contributed by atoms with van der Waals surface area (Å²) in [5, 5.41) is 5.92. The molecule has 0 saturated carbocycles. The van der Waals surface area contributed by atoms with Crippen molar-refractivity contribution < 1.29 is 9.13 Å². The Balaban J connectivity index is 1.64. The molecule has 0 aliphatic carbocycles. The predicted octanol–water partition coefficient (Wildman–Crippen LogP) is 5.60. The summed E-state index contributed by atoms with van der Waals surface area (Å²) < 4.78 is 22.5. The zero-order valence-electron chi connectivity index (χ0n) is 15.5. The molecule has 0 amide bonds. The zero-order chi connectivity index (χ0) is 20.2. The van der Waals surface area contributed by atoms with Crippen LogP contribution in [0.3, 0.4) is 0 Å². The highest BCUT2D eigenvalue weighted by molar-refractivity contribution is 8.14. The molecule has 29 heavy (non-hydrogen) atoms. The molecule has 3 aromatic rings. The average Bonchev–Trinajstić information content (AvgIpc) is 2.74. The first kappa shape index (κ1) is 19.4. The van der Waals surface area contributed by atoms with Crippen molar-refractivity contribution >= 4 is 39.3 Å². The maximum Gasteiger partial charge on any atom is 0.206 e. The van der Waals surface area contributed by atoms with Crippen LogP contribution in [0.15, 0.2) is 70.7 Å². The Bertz CT molecular complexity index is 1100. The zero-order valence-corrected chi connectivity index (χ0v) is 17.1. The van der Waals surface area contributed by atoms with Gasteiger partial charge >= 0.3 is 0 Å². The summed E-state index contributed by atoms with van der Waals surface area (Å²) in [5.41, 5.74) is 1.51. The summed E-state index contributed by atoms with van der Waals surface area (Å²) in [5.74, 6) is 1.47. The summed E-state index contributed by atoms with van der Waals surface area (Å²) in [6, 6.07) is 16.2. The van der Waals surface area contributed by atoms with Crippen molar-refractivity contribution in [1.29, 1.82) is 0 Å². The fraction of sp³-hybridized carbons (Fsp3) is 0.0952. The number of aromatic nitrogens is 1. The molecule has 2 aromatic carbocycles. The maximum atomic E-state index is 13.0. The van der Waals surface area contributed by atoms with E-state index in [2.05, 4.69) is 25.4 Å². The number of para-hydroxylation sites is 2. The Labute approximate surface area is 175 Å². The first-order valence-electron chi connectivity index (χ1n) is 8.90. The molecule has 1 aliphatic heterocycles. The van der Waals surface area contributed by atoms with Crippen molar-refractivity contribution in [2.24, 2.45) is 4.99 Å². The lowest BCUT2D eigenvalue weighted by atomic mass is 10.2. The van der Waals surface area contributed by atoms with E-state index in [9.17, 15) is 4.39 Å². The third kappa shape index (κ3) is 4.41. The summed E-state index contributed by atoms with van der Waals surface area (Å²) in [4.78, 5) is 9.67. The van der Waals surface area contributed by atoms with Crippen molar-refractivity contribution in [3.05, 3.63) is 77.3 Å². The van der Waals surface area contributed by atoms with Crippen molar-refractivity contribution in [2.45, 2.75) is 18.4 Å². The quantitative estimate of drug-likeness (QED) is 0.531. The fourth-order valence-corrected chi connectivity index (χ4v) is 4.35.